The number of anilines is 1. The molecule has 0 heterocycles. The summed E-state index contributed by atoms with van der Waals surface area (Å²) in [7, 11) is 3.17. The largest absolute Gasteiger partial charge is 0.497 e. The van der Waals surface area contributed by atoms with E-state index in [2.05, 4.69) is 5.32 Å². The zero-order valence-corrected chi connectivity index (χ0v) is 17.0. The lowest BCUT2D eigenvalue weighted by Crippen LogP contribution is -2.29. The third-order valence-electron chi connectivity index (χ3n) is 4.48. The third kappa shape index (κ3) is 5.38. The summed E-state index contributed by atoms with van der Waals surface area (Å²) in [6.07, 6.45) is 2.01. The van der Waals surface area contributed by atoms with Gasteiger partial charge in [0.15, 0.2) is 6.10 Å². The zero-order valence-electron chi connectivity index (χ0n) is 17.0. The van der Waals surface area contributed by atoms with Gasteiger partial charge in [-0.1, -0.05) is 24.3 Å². The van der Waals surface area contributed by atoms with Crippen molar-refractivity contribution in [2.24, 2.45) is 0 Å². The summed E-state index contributed by atoms with van der Waals surface area (Å²) in [6.45, 7) is 1.52. The van der Waals surface area contributed by atoms with Gasteiger partial charge in [-0.25, -0.2) is 4.79 Å². The van der Waals surface area contributed by atoms with Crippen molar-refractivity contribution in [3.05, 3.63) is 72.3 Å². The van der Waals surface area contributed by atoms with Crippen LogP contribution in [-0.4, -0.2) is 32.2 Å². The second kappa shape index (κ2) is 9.60. The number of methoxy groups -OCH3 is 2. The predicted octanol–water partition coefficient (Wildman–Crippen LogP) is 4.44. The molecule has 0 saturated heterocycles. The first-order valence-electron chi connectivity index (χ1n) is 9.40. The van der Waals surface area contributed by atoms with Crippen molar-refractivity contribution in [3.63, 3.8) is 0 Å². The predicted molar refractivity (Wildman–Crippen MR) is 117 cm³/mol. The Bertz CT molecular complexity index is 1090. The molecular formula is C24H23NO5. The van der Waals surface area contributed by atoms with E-state index in [0.717, 1.165) is 22.1 Å². The number of hydrogen-bond donors (Lipinski definition) is 1. The minimum absolute atomic E-state index is 0.426. The van der Waals surface area contributed by atoms with Gasteiger partial charge in [0.05, 0.1) is 14.2 Å². The fraction of sp³-hybridized carbons (Fsp3) is 0.167. The second-order valence-electron chi connectivity index (χ2n) is 6.61. The third-order valence-corrected chi connectivity index (χ3v) is 4.48. The Morgan fingerprint density at radius 3 is 2.37 bits per heavy atom. The van der Waals surface area contributed by atoms with Crippen LogP contribution in [0.25, 0.3) is 16.8 Å². The van der Waals surface area contributed by atoms with Crippen LogP contribution in [0.15, 0.2) is 66.7 Å². The van der Waals surface area contributed by atoms with Gasteiger partial charge in [-0.15, -0.1) is 0 Å². The van der Waals surface area contributed by atoms with Crippen LogP contribution in [-0.2, 0) is 14.3 Å². The van der Waals surface area contributed by atoms with Crippen molar-refractivity contribution in [2.45, 2.75) is 13.0 Å². The zero-order chi connectivity index (χ0) is 21.5. The molecule has 3 aromatic rings. The van der Waals surface area contributed by atoms with Gasteiger partial charge < -0.3 is 19.5 Å². The molecule has 1 atom stereocenters. The number of hydrogen-bond acceptors (Lipinski definition) is 5. The number of amides is 1. The summed E-state index contributed by atoms with van der Waals surface area (Å²) in [4.78, 5) is 24.4. The van der Waals surface area contributed by atoms with Gasteiger partial charge in [0.2, 0.25) is 0 Å². The molecule has 0 saturated carbocycles. The Labute approximate surface area is 175 Å². The quantitative estimate of drug-likeness (QED) is 0.465. The van der Waals surface area contributed by atoms with E-state index in [9.17, 15) is 9.59 Å². The van der Waals surface area contributed by atoms with E-state index in [4.69, 9.17) is 14.2 Å². The number of ether oxygens (including phenoxy) is 3. The van der Waals surface area contributed by atoms with Gasteiger partial charge in [0, 0.05) is 17.8 Å². The average molecular weight is 405 g/mol. The molecular weight excluding hydrogens is 382 g/mol. The van der Waals surface area contributed by atoms with Crippen LogP contribution in [0.1, 0.15) is 12.5 Å². The second-order valence-corrected chi connectivity index (χ2v) is 6.61. The van der Waals surface area contributed by atoms with Crippen molar-refractivity contribution in [3.8, 4) is 11.5 Å². The van der Waals surface area contributed by atoms with Gasteiger partial charge in [-0.2, -0.15) is 0 Å². The standard InChI is InChI=1S/C24H23NO5/c1-16(24(27)25-20-5-4-6-21(15-20)28-2)30-23(26)12-8-17-7-9-19-14-22(29-3)11-10-18(19)13-17/h4-16H,1-3H3,(H,25,27)/b12-8+/t16-/m0/s1. The lowest BCUT2D eigenvalue weighted by Gasteiger charge is -2.13. The fourth-order valence-corrected chi connectivity index (χ4v) is 2.85. The molecule has 1 N–H and O–H groups in total. The smallest absolute Gasteiger partial charge is 0.331 e. The highest BCUT2D eigenvalue weighted by Gasteiger charge is 2.16. The van der Waals surface area contributed by atoms with Gasteiger partial charge in [0.1, 0.15) is 11.5 Å². The highest BCUT2D eigenvalue weighted by atomic mass is 16.5. The van der Waals surface area contributed by atoms with Crippen LogP contribution < -0.4 is 14.8 Å². The molecule has 30 heavy (non-hydrogen) atoms. The first-order valence-corrected chi connectivity index (χ1v) is 9.40. The molecule has 6 nitrogen and oxygen atoms in total. The molecule has 0 fully saturated rings. The first-order chi connectivity index (χ1) is 14.5. The maximum Gasteiger partial charge on any atom is 0.331 e. The highest BCUT2D eigenvalue weighted by molar-refractivity contribution is 5.97. The summed E-state index contributed by atoms with van der Waals surface area (Å²) >= 11 is 0. The number of benzene rings is 3. The Balaban J connectivity index is 1.59. The summed E-state index contributed by atoms with van der Waals surface area (Å²) in [6, 6.07) is 18.5. The van der Waals surface area contributed by atoms with E-state index in [1.54, 1.807) is 44.6 Å². The van der Waals surface area contributed by atoms with Crippen LogP contribution in [0, 0.1) is 0 Å². The summed E-state index contributed by atoms with van der Waals surface area (Å²) in [5.41, 5.74) is 1.41. The number of carbonyl (C=O) groups excluding carboxylic acids is 2. The lowest BCUT2D eigenvalue weighted by molar-refractivity contribution is -0.148. The number of rotatable bonds is 7. The van der Waals surface area contributed by atoms with Crippen molar-refractivity contribution in [2.75, 3.05) is 19.5 Å². The molecule has 0 aliphatic carbocycles. The molecule has 0 bridgehead atoms. The van der Waals surface area contributed by atoms with E-state index >= 15 is 0 Å². The molecule has 0 aliphatic rings. The van der Waals surface area contributed by atoms with E-state index in [1.165, 1.54) is 13.0 Å². The van der Waals surface area contributed by atoms with E-state index < -0.39 is 18.0 Å². The number of esters is 1. The Hall–Kier alpha value is -3.80. The van der Waals surface area contributed by atoms with Gasteiger partial charge in [0.25, 0.3) is 5.91 Å². The van der Waals surface area contributed by atoms with E-state index in [-0.39, 0.29) is 0 Å². The maximum atomic E-state index is 12.3. The number of fused-ring (bicyclic) bond motifs is 1. The van der Waals surface area contributed by atoms with Crippen molar-refractivity contribution >= 4 is 34.4 Å². The molecule has 0 spiro atoms. The average Bonchev–Trinajstić information content (AvgIpc) is 2.77. The summed E-state index contributed by atoms with van der Waals surface area (Å²) in [5.74, 6) is 0.382. The number of carbonyl (C=O) groups is 2. The molecule has 3 aromatic carbocycles. The van der Waals surface area contributed by atoms with Gasteiger partial charge in [-0.05, 0) is 59.7 Å². The number of nitrogens with one attached hydrogen (secondary N) is 1. The molecule has 6 heteroatoms. The highest BCUT2D eigenvalue weighted by Crippen LogP contribution is 2.22. The normalized spacial score (nSPS) is 11.8. The molecule has 0 unspecified atom stereocenters. The SMILES string of the molecule is COc1cccc(NC(=O)[C@H](C)OC(=O)/C=C/c2ccc3cc(OC)ccc3c2)c1. The monoisotopic (exact) mass is 405 g/mol. The molecule has 1 amide bonds. The molecule has 0 aliphatic heterocycles. The van der Waals surface area contributed by atoms with Crippen LogP contribution in [0.5, 0.6) is 11.5 Å². The van der Waals surface area contributed by atoms with Crippen LogP contribution in [0.2, 0.25) is 0 Å². The first kappa shape index (κ1) is 20.9. The maximum absolute atomic E-state index is 12.3. The lowest BCUT2D eigenvalue weighted by atomic mass is 10.1. The Kier molecular flexibility index (Phi) is 6.70. The van der Waals surface area contributed by atoms with Gasteiger partial charge >= 0.3 is 5.97 Å². The van der Waals surface area contributed by atoms with Crippen molar-refractivity contribution < 1.29 is 23.8 Å². The fourth-order valence-electron chi connectivity index (χ4n) is 2.85. The molecule has 154 valence electrons. The Morgan fingerprint density at radius 1 is 0.900 bits per heavy atom. The minimum atomic E-state index is -0.947. The molecule has 3 rings (SSSR count). The molecule has 0 aromatic heterocycles. The van der Waals surface area contributed by atoms with Crippen molar-refractivity contribution in [1.82, 2.24) is 0 Å². The summed E-state index contributed by atoms with van der Waals surface area (Å²) in [5, 5.41) is 4.76. The van der Waals surface area contributed by atoms with Crippen molar-refractivity contribution in [1.29, 1.82) is 0 Å². The minimum Gasteiger partial charge on any atom is -0.497 e. The molecule has 0 radical (unpaired) electrons. The van der Waals surface area contributed by atoms with Crippen LogP contribution >= 0.6 is 0 Å². The van der Waals surface area contributed by atoms with Crippen LogP contribution in [0.3, 0.4) is 0 Å². The van der Waals surface area contributed by atoms with Gasteiger partial charge in [-0.3, -0.25) is 4.79 Å². The van der Waals surface area contributed by atoms with Crippen LogP contribution in [0.4, 0.5) is 5.69 Å². The summed E-state index contributed by atoms with van der Waals surface area (Å²) < 4.78 is 15.5. The topological polar surface area (TPSA) is 73.9 Å². The van der Waals surface area contributed by atoms with E-state index in [1.807, 2.05) is 36.4 Å². The van der Waals surface area contributed by atoms with E-state index in [0.29, 0.717) is 11.4 Å². The Morgan fingerprint density at radius 2 is 1.60 bits per heavy atom.